The van der Waals surface area contributed by atoms with Crippen molar-refractivity contribution in [1.29, 1.82) is 0 Å². The zero-order valence-electron chi connectivity index (χ0n) is 13.1. The lowest BCUT2D eigenvalue weighted by molar-refractivity contribution is 0.0528. The van der Waals surface area contributed by atoms with Crippen LogP contribution in [0.2, 0.25) is 0 Å². The van der Waals surface area contributed by atoms with Gasteiger partial charge in [-0.3, -0.25) is 0 Å². The van der Waals surface area contributed by atoms with Crippen LogP contribution in [-0.2, 0) is 11.2 Å². The summed E-state index contributed by atoms with van der Waals surface area (Å²) in [4.78, 5) is 15.9. The third kappa shape index (κ3) is 5.26. The number of ether oxygens (including phenoxy) is 1. The number of nitrogens with one attached hydrogen (secondary N) is 1. The van der Waals surface area contributed by atoms with Crippen molar-refractivity contribution in [1.82, 2.24) is 14.9 Å². The van der Waals surface area contributed by atoms with Crippen molar-refractivity contribution in [2.24, 2.45) is 0 Å². The minimum atomic E-state index is -0.453. The topological polar surface area (TPSA) is 56.1 Å². The number of carbonyl (C=O) groups excluding carboxylic acids is 1. The molecule has 1 amide bonds. The molecule has 118 valence electrons. The van der Waals surface area contributed by atoms with Gasteiger partial charge in [-0.05, 0) is 45.1 Å². The van der Waals surface area contributed by atoms with E-state index in [9.17, 15) is 4.79 Å². The molecule has 6 heteroatoms. The van der Waals surface area contributed by atoms with Gasteiger partial charge in [0, 0.05) is 30.9 Å². The van der Waals surface area contributed by atoms with Crippen LogP contribution in [0.5, 0.6) is 0 Å². The maximum Gasteiger partial charge on any atom is 0.407 e. The summed E-state index contributed by atoms with van der Waals surface area (Å²) in [7, 11) is 0. The number of carbonyl (C=O) groups is 1. The van der Waals surface area contributed by atoms with E-state index in [-0.39, 0.29) is 6.09 Å². The quantitative estimate of drug-likeness (QED) is 0.928. The number of amides is 1. The van der Waals surface area contributed by atoms with Crippen LogP contribution in [0.1, 0.15) is 45.3 Å². The molecule has 0 bridgehead atoms. The Bertz CT molecular complexity index is 462. The van der Waals surface area contributed by atoms with E-state index >= 15 is 0 Å². The summed E-state index contributed by atoms with van der Waals surface area (Å²) in [6.07, 6.45) is 6.65. The lowest BCUT2D eigenvalue weighted by Crippen LogP contribution is -2.33. The number of alkyl carbamates (subject to hydrolysis) is 1. The molecule has 0 radical (unpaired) electrons. The van der Waals surface area contributed by atoms with Crippen LogP contribution in [0, 0.1) is 0 Å². The summed E-state index contributed by atoms with van der Waals surface area (Å²) in [5.74, 6) is 2.44. The Labute approximate surface area is 130 Å². The monoisotopic (exact) mass is 311 g/mol. The zero-order valence-corrected chi connectivity index (χ0v) is 13.9. The molecule has 0 saturated carbocycles. The highest BCUT2D eigenvalue weighted by Gasteiger charge is 2.18. The maximum absolute atomic E-state index is 11.6. The van der Waals surface area contributed by atoms with E-state index in [0.29, 0.717) is 12.6 Å². The van der Waals surface area contributed by atoms with Crippen LogP contribution in [0.25, 0.3) is 0 Å². The van der Waals surface area contributed by atoms with Crippen molar-refractivity contribution >= 4 is 17.9 Å². The summed E-state index contributed by atoms with van der Waals surface area (Å²) >= 11 is 2.02. The zero-order chi connectivity index (χ0) is 15.3. The normalized spacial score (nSPS) is 16.7. The largest absolute Gasteiger partial charge is 0.444 e. The van der Waals surface area contributed by atoms with Crippen molar-refractivity contribution in [2.75, 3.05) is 18.1 Å². The van der Waals surface area contributed by atoms with Crippen LogP contribution < -0.4 is 5.32 Å². The van der Waals surface area contributed by atoms with Crippen LogP contribution in [-0.4, -0.2) is 39.3 Å². The predicted molar refractivity (Wildman–Crippen MR) is 85.8 cm³/mol. The highest BCUT2D eigenvalue weighted by molar-refractivity contribution is 7.99. The first kappa shape index (κ1) is 16.2. The minimum Gasteiger partial charge on any atom is -0.444 e. The molecule has 2 heterocycles. The van der Waals surface area contributed by atoms with Crippen LogP contribution >= 0.6 is 11.8 Å². The standard InChI is InChI=1S/C15H25N3O2S/c1-15(2,3)20-14(19)17-7-4-13-10-16-11-18(13)12-5-8-21-9-6-12/h10-12H,4-9H2,1-3H3,(H,17,19). The molecular formula is C15H25N3O2S. The Morgan fingerprint density at radius 1 is 1.48 bits per heavy atom. The second-order valence-electron chi connectivity index (χ2n) is 6.31. The van der Waals surface area contributed by atoms with Gasteiger partial charge in [-0.15, -0.1) is 0 Å². The molecule has 1 saturated heterocycles. The highest BCUT2D eigenvalue weighted by Crippen LogP contribution is 2.27. The van der Waals surface area contributed by atoms with Crippen LogP contribution in [0.4, 0.5) is 4.79 Å². The number of thioether (sulfide) groups is 1. The first-order chi connectivity index (χ1) is 9.96. The van der Waals surface area contributed by atoms with E-state index < -0.39 is 5.60 Å². The fraction of sp³-hybridized carbons (Fsp3) is 0.733. The van der Waals surface area contributed by atoms with Gasteiger partial charge in [0.05, 0.1) is 6.33 Å². The fourth-order valence-corrected chi connectivity index (χ4v) is 3.51. The Balaban J connectivity index is 1.81. The van der Waals surface area contributed by atoms with Gasteiger partial charge in [-0.1, -0.05) is 0 Å². The molecule has 1 N–H and O–H groups in total. The first-order valence-electron chi connectivity index (χ1n) is 7.51. The number of hydrogen-bond acceptors (Lipinski definition) is 4. The second-order valence-corrected chi connectivity index (χ2v) is 7.54. The minimum absolute atomic E-state index is 0.359. The summed E-state index contributed by atoms with van der Waals surface area (Å²) in [6.45, 7) is 6.16. The second kappa shape index (κ2) is 7.20. The summed E-state index contributed by atoms with van der Waals surface area (Å²) in [5, 5.41) is 2.80. The van der Waals surface area contributed by atoms with Gasteiger partial charge in [-0.25, -0.2) is 9.78 Å². The van der Waals surface area contributed by atoms with Gasteiger partial charge in [0.1, 0.15) is 5.60 Å². The van der Waals surface area contributed by atoms with E-state index in [0.717, 1.165) is 6.42 Å². The molecule has 1 fully saturated rings. The molecule has 2 rings (SSSR count). The van der Waals surface area contributed by atoms with Gasteiger partial charge in [0.2, 0.25) is 0 Å². The van der Waals surface area contributed by atoms with Crippen molar-refractivity contribution < 1.29 is 9.53 Å². The third-order valence-corrected chi connectivity index (χ3v) is 4.43. The van der Waals surface area contributed by atoms with Crippen LogP contribution in [0.15, 0.2) is 12.5 Å². The molecule has 21 heavy (non-hydrogen) atoms. The predicted octanol–water partition coefficient (Wildman–Crippen LogP) is 3.02. The summed E-state index contributed by atoms with van der Waals surface area (Å²) in [6, 6.07) is 0.560. The fourth-order valence-electron chi connectivity index (χ4n) is 2.42. The Morgan fingerprint density at radius 3 is 2.86 bits per heavy atom. The molecular weight excluding hydrogens is 286 g/mol. The van der Waals surface area contributed by atoms with Crippen molar-refractivity contribution in [3.8, 4) is 0 Å². The van der Waals surface area contributed by atoms with Crippen molar-refractivity contribution in [3.05, 3.63) is 18.2 Å². The molecule has 0 aliphatic carbocycles. The van der Waals surface area contributed by atoms with Gasteiger partial charge in [-0.2, -0.15) is 11.8 Å². The van der Waals surface area contributed by atoms with Crippen LogP contribution in [0.3, 0.4) is 0 Å². The maximum atomic E-state index is 11.6. The van der Waals surface area contributed by atoms with Gasteiger partial charge in [0.25, 0.3) is 0 Å². The SMILES string of the molecule is CC(C)(C)OC(=O)NCCc1cncn1C1CCSCC1. The van der Waals surface area contributed by atoms with E-state index in [1.807, 2.05) is 45.1 Å². The molecule has 0 atom stereocenters. The van der Waals surface area contributed by atoms with E-state index in [2.05, 4.69) is 14.9 Å². The Morgan fingerprint density at radius 2 is 2.19 bits per heavy atom. The Kier molecular flexibility index (Phi) is 5.56. The molecule has 1 aromatic heterocycles. The molecule has 0 spiro atoms. The molecule has 1 aliphatic rings. The summed E-state index contributed by atoms with van der Waals surface area (Å²) in [5.41, 5.74) is 0.731. The molecule has 0 aromatic carbocycles. The molecule has 0 unspecified atom stereocenters. The number of rotatable bonds is 4. The lowest BCUT2D eigenvalue weighted by Gasteiger charge is -2.24. The van der Waals surface area contributed by atoms with E-state index in [1.54, 1.807) is 0 Å². The van der Waals surface area contributed by atoms with E-state index in [4.69, 9.17) is 4.74 Å². The molecule has 1 aliphatic heterocycles. The van der Waals surface area contributed by atoms with E-state index in [1.165, 1.54) is 30.0 Å². The van der Waals surface area contributed by atoms with Gasteiger partial charge < -0.3 is 14.6 Å². The smallest absolute Gasteiger partial charge is 0.407 e. The number of hydrogen-bond donors (Lipinski definition) is 1. The average molecular weight is 311 g/mol. The van der Waals surface area contributed by atoms with Crippen molar-refractivity contribution in [2.45, 2.75) is 51.7 Å². The number of nitrogens with zero attached hydrogens (tertiary/aromatic N) is 2. The number of aromatic nitrogens is 2. The van der Waals surface area contributed by atoms with Crippen molar-refractivity contribution in [3.63, 3.8) is 0 Å². The molecule has 1 aromatic rings. The average Bonchev–Trinajstić information content (AvgIpc) is 2.86. The highest BCUT2D eigenvalue weighted by atomic mass is 32.2. The lowest BCUT2D eigenvalue weighted by atomic mass is 10.1. The summed E-state index contributed by atoms with van der Waals surface area (Å²) < 4.78 is 7.50. The van der Waals surface area contributed by atoms with Gasteiger partial charge in [0.15, 0.2) is 0 Å². The first-order valence-corrected chi connectivity index (χ1v) is 8.66. The van der Waals surface area contributed by atoms with Gasteiger partial charge >= 0.3 is 6.09 Å². The third-order valence-electron chi connectivity index (χ3n) is 3.38. The molecule has 5 nitrogen and oxygen atoms in total. The number of imidazole rings is 1. The Hall–Kier alpha value is -1.17.